The highest BCUT2D eigenvalue weighted by atomic mass is 19.3. The van der Waals surface area contributed by atoms with Gasteiger partial charge in [-0.1, -0.05) is 24.3 Å². The Bertz CT molecular complexity index is 1010. The summed E-state index contributed by atoms with van der Waals surface area (Å²) in [6.07, 6.45) is 1.15. The average Bonchev–Trinajstić information content (AvgIpc) is 2.78. The molecule has 0 spiro atoms. The maximum atomic E-state index is 13.9. The molecule has 1 heterocycles. The lowest BCUT2D eigenvalue weighted by Crippen LogP contribution is -2.06. The average molecular weight is 411 g/mol. The topological polar surface area (TPSA) is 48.4 Å². The largest absolute Gasteiger partial charge is 0.497 e. The zero-order valence-corrected chi connectivity index (χ0v) is 16.9. The molecule has 0 amide bonds. The van der Waals surface area contributed by atoms with Crippen molar-refractivity contribution in [3.8, 4) is 28.0 Å². The van der Waals surface area contributed by atoms with Crippen LogP contribution in [0.25, 0.3) is 22.3 Å². The lowest BCUT2D eigenvalue weighted by atomic mass is 9.92. The lowest BCUT2D eigenvalue weighted by Gasteiger charge is -2.15. The number of halogens is 2. The summed E-state index contributed by atoms with van der Waals surface area (Å²) in [7, 11) is 1.56. The molecule has 1 aromatic heterocycles. The van der Waals surface area contributed by atoms with Crippen molar-refractivity contribution in [3.63, 3.8) is 0 Å². The van der Waals surface area contributed by atoms with Crippen molar-refractivity contribution in [1.29, 1.82) is 0 Å². The van der Waals surface area contributed by atoms with E-state index < -0.39 is 6.43 Å². The standard InChI is InChI=1S/C24H23F2NO3/c1-3-30-23(28)11-7-16-13-19(29-2)8-10-20(16)17-6-9-21(22(14-17)24(25)26)18-5-4-12-27-15-18/h4-6,8-10,12-15,24H,3,7,11H2,1-2H3. The Morgan fingerprint density at radius 1 is 1.07 bits per heavy atom. The zero-order chi connectivity index (χ0) is 21.5. The van der Waals surface area contributed by atoms with Gasteiger partial charge >= 0.3 is 5.97 Å². The molecule has 0 fully saturated rings. The molecule has 4 nitrogen and oxygen atoms in total. The predicted octanol–water partition coefficient (Wildman–Crippen LogP) is 5.86. The molecule has 0 N–H and O–H groups in total. The van der Waals surface area contributed by atoms with E-state index in [2.05, 4.69) is 4.98 Å². The van der Waals surface area contributed by atoms with Gasteiger partial charge in [0.15, 0.2) is 0 Å². The summed E-state index contributed by atoms with van der Waals surface area (Å²) in [5.41, 5.74) is 3.28. The normalized spacial score (nSPS) is 10.8. The summed E-state index contributed by atoms with van der Waals surface area (Å²) in [6.45, 7) is 2.07. The minimum Gasteiger partial charge on any atom is -0.497 e. The Morgan fingerprint density at radius 2 is 1.87 bits per heavy atom. The SMILES string of the molecule is CCOC(=O)CCc1cc(OC)ccc1-c1ccc(-c2cccnc2)c(C(F)F)c1. The summed E-state index contributed by atoms with van der Waals surface area (Å²) in [5.74, 6) is 0.338. The second kappa shape index (κ2) is 9.96. The van der Waals surface area contributed by atoms with E-state index in [-0.39, 0.29) is 18.0 Å². The van der Waals surface area contributed by atoms with Crippen LogP contribution >= 0.6 is 0 Å². The first-order chi connectivity index (χ1) is 14.5. The fourth-order valence-corrected chi connectivity index (χ4v) is 3.35. The molecule has 0 bridgehead atoms. The summed E-state index contributed by atoms with van der Waals surface area (Å²) in [4.78, 5) is 15.8. The number of alkyl halides is 2. The number of ether oxygens (including phenoxy) is 2. The minimum absolute atomic E-state index is 0.0624. The summed E-state index contributed by atoms with van der Waals surface area (Å²) < 4.78 is 38.0. The smallest absolute Gasteiger partial charge is 0.306 e. The number of rotatable bonds is 8. The Kier molecular flexibility index (Phi) is 7.12. The van der Waals surface area contributed by atoms with Gasteiger partial charge in [0.2, 0.25) is 0 Å². The van der Waals surface area contributed by atoms with Gasteiger partial charge in [0.05, 0.1) is 13.7 Å². The molecule has 3 rings (SSSR count). The predicted molar refractivity (Wildman–Crippen MR) is 112 cm³/mol. The van der Waals surface area contributed by atoms with Crippen molar-refractivity contribution in [1.82, 2.24) is 4.98 Å². The highest BCUT2D eigenvalue weighted by Crippen LogP contribution is 2.36. The van der Waals surface area contributed by atoms with Gasteiger partial charge in [0.25, 0.3) is 6.43 Å². The number of hydrogen-bond donors (Lipinski definition) is 0. The number of esters is 1. The van der Waals surface area contributed by atoms with Crippen molar-refractivity contribution in [2.75, 3.05) is 13.7 Å². The number of benzene rings is 2. The second-order valence-electron chi connectivity index (χ2n) is 6.67. The Hall–Kier alpha value is -3.28. The molecule has 30 heavy (non-hydrogen) atoms. The first-order valence-electron chi connectivity index (χ1n) is 9.69. The third-order valence-electron chi connectivity index (χ3n) is 4.79. The Balaban J connectivity index is 2.02. The Morgan fingerprint density at radius 3 is 2.53 bits per heavy atom. The number of nitrogens with zero attached hydrogens (tertiary/aromatic N) is 1. The van der Waals surface area contributed by atoms with Crippen LogP contribution in [0.1, 0.15) is 30.9 Å². The summed E-state index contributed by atoms with van der Waals surface area (Å²) >= 11 is 0. The van der Waals surface area contributed by atoms with Crippen LogP contribution in [-0.2, 0) is 16.0 Å². The number of hydrogen-bond acceptors (Lipinski definition) is 4. The molecular weight excluding hydrogens is 388 g/mol. The van der Waals surface area contributed by atoms with E-state index in [4.69, 9.17) is 9.47 Å². The molecule has 0 atom stereocenters. The number of carbonyl (C=O) groups excluding carboxylic acids is 1. The van der Waals surface area contributed by atoms with Crippen molar-refractivity contribution >= 4 is 5.97 Å². The van der Waals surface area contributed by atoms with E-state index in [0.717, 1.165) is 11.1 Å². The zero-order valence-electron chi connectivity index (χ0n) is 16.9. The van der Waals surface area contributed by atoms with E-state index in [1.165, 1.54) is 6.07 Å². The highest BCUT2D eigenvalue weighted by Gasteiger charge is 2.17. The van der Waals surface area contributed by atoms with Crippen LogP contribution < -0.4 is 4.74 Å². The van der Waals surface area contributed by atoms with Gasteiger partial charge in [-0.05, 0) is 59.9 Å². The van der Waals surface area contributed by atoms with Crippen LogP contribution in [0, 0.1) is 0 Å². The van der Waals surface area contributed by atoms with Gasteiger partial charge in [-0.15, -0.1) is 0 Å². The number of aryl methyl sites for hydroxylation is 1. The van der Waals surface area contributed by atoms with Gasteiger partial charge in [0.1, 0.15) is 5.75 Å². The van der Waals surface area contributed by atoms with Crippen LogP contribution in [0.4, 0.5) is 8.78 Å². The number of pyridine rings is 1. The molecule has 0 unspecified atom stereocenters. The molecule has 0 aliphatic rings. The molecule has 0 aliphatic heterocycles. The second-order valence-corrected chi connectivity index (χ2v) is 6.67. The quantitative estimate of drug-likeness (QED) is 0.436. The fourth-order valence-electron chi connectivity index (χ4n) is 3.35. The molecule has 0 radical (unpaired) electrons. The first-order valence-corrected chi connectivity index (χ1v) is 9.69. The van der Waals surface area contributed by atoms with Crippen LogP contribution in [0.5, 0.6) is 5.75 Å². The lowest BCUT2D eigenvalue weighted by molar-refractivity contribution is -0.143. The van der Waals surface area contributed by atoms with E-state index in [0.29, 0.717) is 35.5 Å². The maximum Gasteiger partial charge on any atom is 0.306 e. The molecule has 156 valence electrons. The molecule has 6 heteroatoms. The number of methoxy groups -OCH3 is 1. The van der Waals surface area contributed by atoms with Crippen LogP contribution in [0.2, 0.25) is 0 Å². The first kappa shape index (κ1) is 21.4. The third kappa shape index (κ3) is 5.00. The number of carbonyl (C=O) groups is 1. The summed E-state index contributed by atoms with van der Waals surface area (Å²) in [6, 6.07) is 13.9. The van der Waals surface area contributed by atoms with Gasteiger partial charge in [0, 0.05) is 29.9 Å². The molecular formula is C24H23F2NO3. The minimum atomic E-state index is -2.64. The molecule has 2 aromatic carbocycles. The van der Waals surface area contributed by atoms with Crippen molar-refractivity contribution in [3.05, 3.63) is 72.1 Å². The molecule has 0 aliphatic carbocycles. The highest BCUT2D eigenvalue weighted by molar-refractivity contribution is 5.76. The van der Waals surface area contributed by atoms with Gasteiger partial charge < -0.3 is 9.47 Å². The van der Waals surface area contributed by atoms with Gasteiger partial charge in [-0.2, -0.15) is 0 Å². The van der Waals surface area contributed by atoms with Gasteiger partial charge in [-0.3, -0.25) is 9.78 Å². The van der Waals surface area contributed by atoms with Crippen molar-refractivity contribution in [2.45, 2.75) is 26.2 Å². The maximum absolute atomic E-state index is 13.9. The Labute approximate surface area is 174 Å². The van der Waals surface area contributed by atoms with E-state index in [1.807, 2.05) is 18.2 Å². The monoisotopic (exact) mass is 411 g/mol. The number of aromatic nitrogens is 1. The molecule has 0 saturated heterocycles. The van der Waals surface area contributed by atoms with E-state index >= 15 is 0 Å². The fraction of sp³-hybridized carbons (Fsp3) is 0.250. The van der Waals surface area contributed by atoms with Crippen LogP contribution in [0.3, 0.4) is 0 Å². The van der Waals surface area contributed by atoms with Crippen molar-refractivity contribution in [2.24, 2.45) is 0 Å². The molecule has 3 aromatic rings. The van der Waals surface area contributed by atoms with Crippen molar-refractivity contribution < 1.29 is 23.0 Å². The molecule has 0 saturated carbocycles. The third-order valence-corrected chi connectivity index (χ3v) is 4.79. The van der Waals surface area contributed by atoms with Crippen LogP contribution in [-0.4, -0.2) is 24.7 Å². The van der Waals surface area contributed by atoms with E-state index in [9.17, 15) is 13.6 Å². The summed E-state index contributed by atoms with van der Waals surface area (Å²) in [5, 5.41) is 0. The van der Waals surface area contributed by atoms with Crippen LogP contribution in [0.15, 0.2) is 60.9 Å². The van der Waals surface area contributed by atoms with E-state index in [1.54, 1.807) is 50.7 Å². The van der Waals surface area contributed by atoms with Gasteiger partial charge in [-0.25, -0.2) is 8.78 Å².